The zero-order chi connectivity index (χ0) is 19.4. The number of ether oxygens (including phenoxy) is 1. The van der Waals surface area contributed by atoms with E-state index < -0.39 is 0 Å². The first-order valence-electron chi connectivity index (χ1n) is 8.76. The van der Waals surface area contributed by atoms with E-state index in [9.17, 15) is 9.18 Å². The fourth-order valence-corrected chi connectivity index (χ4v) is 3.25. The minimum atomic E-state index is -0.350. The highest BCUT2D eigenvalue weighted by molar-refractivity contribution is 6.31. The number of carbonyl (C=O) groups is 1. The fraction of sp³-hybridized carbons (Fsp3) is 0.350. The second kappa shape index (κ2) is 8.69. The molecule has 1 aliphatic rings. The van der Waals surface area contributed by atoms with Crippen molar-refractivity contribution in [3.63, 3.8) is 0 Å². The Labute approximate surface area is 162 Å². The van der Waals surface area contributed by atoms with Crippen LogP contribution >= 0.6 is 11.6 Å². The summed E-state index contributed by atoms with van der Waals surface area (Å²) in [6, 6.07) is 9.70. The zero-order valence-corrected chi connectivity index (χ0v) is 15.8. The van der Waals surface area contributed by atoms with Crippen LogP contribution in [0.2, 0.25) is 5.02 Å². The van der Waals surface area contributed by atoms with Gasteiger partial charge in [0.1, 0.15) is 18.2 Å². The van der Waals surface area contributed by atoms with Crippen molar-refractivity contribution in [2.75, 3.05) is 32.1 Å². The number of aliphatic hydroxyl groups is 1. The lowest BCUT2D eigenvalue weighted by Gasteiger charge is -2.25. The summed E-state index contributed by atoms with van der Waals surface area (Å²) in [6.45, 7) is 1.38. The van der Waals surface area contributed by atoms with Gasteiger partial charge in [0.15, 0.2) is 0 Å². The number of nitrogens with one attached hydrogen (secondary N) is 1. The Morgan fingerprint density at radius 3 is 2.96 bits per heavy atom. The van der Waals surface area contributed by atoms with E-state index >= 15 is 0 Å². The summed E-state index contributed by atoms with van der Waals surface area (Å²) < 4.78 is 18.8. The van der Waals surface area contributed by atoms with Crippen molar-refractivity contribution in [1.82, 2.24) is 4.90 Å². The van der Waals surface area contributed by atoms with Crippen LogP contribution in [0.25, 0.3) is 0 Å². The molecule has 1 unspecified atom stereocenters. The van der Waals surface area contributed by atoms with Crippen molar-refractivity contribution in [3.05, 3.63) is 58.4 Å². The molecule has 7 heteroatoms. The molecule has 2 N–H and O–H groups in total. The molecule has 0 spiro atoms. The third-order valence-corrected chi connectivity index (χ3v) is 4.91. The van der Waals surface area contributed by atoms with Crippen LogP contribution in [0.4, 0.5) is 10.1 Å². The smallest absolute Gasteiger partial charge is 0.231 e. The van der Waals surface area contributed by atoms with Gasteiger partial charge in [0, 0.05) is 29.9 Å². The Morgan fingerprint density at radius 2 is 2.19 bits per heavy atom. The molecular formula is C20H22ClFN2O3. The standard InChI is InChI=1S/C20H22ClFN2O3/c1-24(6-7-25)11-14-9-17(4-5-18(14)21)23-20(26)15-8-13-2-3-16(22)10-19(13)27-12-15/h2-5,9-10,15,25H,6-8,11-12H2,1H3,(H,23,26). The number of hydrogen-bond donors (Lipinski definition) is 2. The van der Waals surface area contributed by atoms with Crippen LogP contribution < -0.4 is 10.1 Å². The van der Waals surface area contributed by atoms with E-state index in [2.05, 4.69) is 5.32 Å². The molecule has 0 saturated heterocycles. The first kappa shape index (κ1) is 19.6. The Morgan fingerprint density at radius 1 is 1.37 bits per heavy atom. The fourth-order valence-electron chi connectivity index (χ4n) is 3.07. The Kier molecular flexibility index (Phi) is 6.31. The van der Waals surface area contributed by atoms with Gasteiger partial charge in [0.2, 0.25) is 5.91 Å². The number of likely N-dealkylation sites (N-methyl/N-ethyl adjacent to an activating group) is 1. The SMILES string of the molecule is CN(CCO)Cc1cc(NC(=O)C2COc3cc(F)ccc3C2)ccc1Cl. The summed E-state index contributed by atoms with van der Waals surface area (Å²) in [7, 11) is 1.89. The van der Waals surface area contributed by atoms with Gasteiger partial charge in [-0.2, -0.15) is 0 Å². The van der Waals surface area contributed by atoms with Gasteiger partial charge in [-0.05, 0) is 48.9 Å². The second-order valence-corrected chi connectivity index (χ2v) is 7.13. The van der Waals surface area contributed by atoms with Crippen molar-refractivity contribution in [3.8, 4) is 5.75 Å². The predicted molar refractivity (Wildman–Crippen MR) is 103 cm³/mol. The maximum Gasteiger partial charge on any atom is 0.231 e. The number of nitrogens with zero attached hydrogens (tertiary/aromatic N) is 1. The quantitative estimate of drug-likeness (QED) is 0.793. The van der Waals surface area contributed by atoms with Gasteiger partial charge in [-0.25, -0.2) is 4.39 Å². The maximum absolute atomic E-state index is 13.3. The van der Waals surface area contributed by atoms with Gasteiger partial charge in [-0.1, -0.05) is 17.7 Å². The first-order valence-corrected chi connectivity index (χ1v) is 9.14. The highest BCUT2D eigenvalue weighted by atomic mass is 35.5. The molecule has 0 saturated carbocycles. The van der Waals surface area contributed by atoms with Gasteiger partial charge in [-0.3, -0.25) is 9.69 Å². The topological polar surface area (TPSA) is 61.8 Å². The predicted octanol–water partition coefficient (Wildman–Crippen LogP) is 3.09. The number of rotatable bonds is 6. The van der Waals surface area contributed by atoms with Gasteiger partial charge < -0.3 is 15.2 Å². The van der Waals surface area contributed by atoms with E-state index in [4.69, 9.17) is 21.4 Å². The zero-order valence-electron chi connectivity index (χ0n) is 15.0. The number of aliphatic hydroxyl groups excluding tert-OH is 1. The molecule has 2 aromatic carbocycles. The van der Waals surface area contributed by atoms with E-state index in [1.54, 1.807) is 18.2 Å². The molecule has 0 radical (unpaired) electrons. The molecule has 1 aliphatic heterocycles. The number of halogens is 2. The molecule has 1 heterocycles. The molecule has 27 heavy (non-hydrogen) atoms. The number of anilines is 1. The average Bonchev–Trinajstić information content (AvgIpc) is 2.64. The van der Waals surface area contributed by atoms with Crippen LogP contribution in [-0.2, 0) is 17.8 Å². The Hall–Kier alpha value is -2.15. The normalized spacial score (nSPS) is 16.0. The number of amides is 1. The number of benzene rings is 2. The summed E-state index contributed by atoms with van der Waals surface area (Å²) in [5, 5.41) is 12.5. The van der Waals surface area contributed by atoms with Crippen molar-refractivity contribution in [2.45, 2.75) is 13.0 Å². The molecular weight excluding hydrogens is 371 g/mol. The van der Waals surface area contributed by atoms with E-state index in [1.165, 1.54) is 12.1 Å². The minimum Gasteiger partial charge on any atom is -0.492 e. The monoisotopic (exact) mass is 392 g/mol. The van der Waals surface area contributed by atoms with Crippen LogP contribution in [0.15, 0.2) is 36.4 Å². The van der Waals surface area contributed by atoms with Crippen LogP contribution in [0.5, 0.6) is 5.75 Å². The van der Waals surface area contributed by atoms with Gasteiger partial charge in [0.05, 0.1) is 12.5 Å². The van der Waals surface area contributed by atoms with Crippen LogP contribution in [-0.4, -0.2) is 42.7 Å². The van der Waals surface area contributed by atoms with Crippen molar-refractivity contribution < 1.29 is 19.0 Å². The molecule has 144 valence electrons. The molecule has 0 aliphatic carbocycles. The highest BCUT2D eigenvalue weighted by Crippen LogP contribution is 2.29. The third kappa shape index (κ3) is 4.97. The highest BCUT2D eigenvalue weighted by Gasteiger charge is 2.26. The Bertz CT molecular complexity index is 831. The van der Waals surface area contributed by atoms with Crippen molar-refractivity contribution >= 4 is 23.2 Å². The van der Waals surface area contributed by atoms with Crippen LogP contribution in [0, 0.1) is 11.7 Å². The van der Waals surface area contributed by atoms with E-state index in [0.717, 1.165) is 11.1 Å². The lowest BCUT2D eigenvalue weighted by Crippen LogP contribution is -2.32. The van der Waals surface area contributed by atoms with Gasteiger partial charge in [-0.15, -0.1) is 0 Å². The third-order valence-electron chi connectivity index (χ3n) is 4.54. The van der Waals surface area contributed by atoms with Crippen molar-refractivity contribution in [1.29, 1.82) is 0 Å². The first-order chi connectivity index (χ1) is 13.0. The molecule has 1 amide bonds. The number of carbonyl (C=O) groups excluding carboxylic acids is 1. The summed E-state index contributed by atoms with van der Waals surface area (Å²) >= 11 is 6.24. The Balaban J connectivity index is 1.66. The molecule has 5 nitrogen and oxygen atoms in total. The minimum absolute atomic E-state index is 0.0671. The summed E-state index contributed by atoms with van der Waals surface area (Å²) in [6.07, 6.45) is 0.501. The van der Waals surface area contributed by atoms with E-state index in [0.29, 0.717) is 36.0 Å². The molecule has 1 atom stereocenters. The summed E-state index contributed by atoms with van der Waals surface area (Å²) in [5.41, 5.74) is 2.35. The van der Waals surface area contributed by atoms with Gasteiger partial charge >= 0.3 is 0 Å². The average molecular weight is 393 g/mol. The molecule has 0 bridgehead atoms. The largest absolute Gasteiger partial charge is 0.492 e. The molecule has 3 rings (SSSR count). The number of hydrogen-bond acceptors (Lipinski definition) is 4. The van der Waals surface area contributed by atoms with Crippen LogP contribution in [0.3, 0.4) is 0 Å². The molecule has 2 aromatic rings. The van der Waals surface area contributed by atoms with Crippen LogP contribution in [0.1, 0.15) is 11.1 Å². The molecule has 0 fully saturated rings. The van der Waals surface area contributed by atoms with E-state index in [1.807, 2.05) is 18.0 Å². The van der Waals surface area contributed by atoms with Crippen molar-refractivity contribution in [2.24, 2.45) is 5.92 Å². The summed E-state index contributed by atoms with van der Waals surface area (Å²) in [4.78, 5) is 14.6. The lowest BCUT2D eigenvalue weighted by atomic mass is 9.96. The van der Waals surface area contributed by atoms with E-state index in [-0.39, 0.29) is 30.9 Å². The number of fused-ring (bicyclic) bond motifs is 1. The summed E-state index contributed by atoms with van der Waals surface area (Å²) in [5.74, 6) is -0.350. The molecule has 0 aromatic heterocycles. The lowest BCUT2D eigenvalue weighted by molar-refractivity contribution is -0.121. The second-order valence-electron chi connectivity index (χ2n) is 6.72. The van der Waals surface area contributed by atoms with Gasteiger partial charge in [0.25, 0.3) is 0 Å². The maximum atomic E-state index is 13.3.